The van der Waals surface area contributed by atoms with Crippen LogP contribution in [-0.2, 0) is 21.3 Å². The molecule has 178 valence electrons. The van der Waals surface area contributed by atoms with Gasteiger partial charge in [0.2, 0.25) is 10.0 Å². The van der Waals surface area contributed by atoms with Gasteiger partial charge < -0.3 is 19.3 Å². The number of ether oxygens (including phenoxy) is 2. The number of para-hydroxylation sites is 1. The van der Waals surface area contributed by atoms with E-state index < -0.39 is 10.0 Å². The van der Waals surface area contributed by atoms with Crippen LogP contribution in [0.25, 0.3) is 0 Å². The average Bonchev–Trinajstić information content (AvgIpc) is 3.39. The smallest absolute Gasteiger partial charge is 0.257 e. The summed E-state index contributed by atoms with van der Waals surface area (Å²) < 4.78 is 38.3. The molecule has 0 bridgehead atoms. The van der Waals surface area contributed by atoms with Crippen molar-refractivity contribution in [3.8, 4) is 5.75 Å². The quantitative estimate of drug-likeness (QED) is 0.615. The van der Waals surface area contributed by atoms with Crippen molar-refractivity contribution in [2.75, 3.05) is 58.5 Å². The third-order valence-corrected chi connectivity index (χ3v) is 8.10. The summed E-state index contributed by atoms with van der Waals surface area (Å²) in [6.45, 7) is 3.76. The van der Waals surface area contributed by atoms with Gasteiger partial charge in [-0.1, -0.05) is 18.2 Å². The SMILES string of the molecule is COc1ccc(S(=O)(=O)N2CCOCC2)cc1C(=O)N(C)Cc1ccccc1N1CCCC1. The van der Waals surface area contributed by atoms with Crippen molar-refractivity contribution in [2.24, 2.45) is 0 Å². The highest BCUT2D eigenvalue weighted by molar-refractivity contribution is 7.89. The van der Waals surface area contributed by atoms with Gasteiger partial charge in [0.15, 0.2) is 0 Å². The first-order chi connectivity index (χ1) is 15.9. The van der Waals surface area contributed by atoms with Crippen molar-refractivity contribution < 1.29 is 22.7 Å². The number of amides is 1. The average molecular weight is 474 g/mol. The summed E-state index contributed by atoms with van der Waals surface area (Å²) >= 11 is 0. The number of benzene rings is 2. The first-order valence-corrected chi connectivity index (χ1v) is 12.7. The molecular formula is C24H31N3O5S. The molecule has 0 aliphatic carbocycles. The minimum absolute atomic E-state index is 0.0828. The second kappa shape index (κ2) is 10.1. The lowest BCUT2D eigenvalue weighted by Crippen LogP contribution is -2.40. The zero-order valence-corrected chi connectivity index (χ0v) is 20.0. The fourth-order valence-corrected chi connectivity index (χ4v) is 5.83. The van der Waals surface area contributed by atoms with Gasteiger partial charge in [0.25, 0.3) is 5.91 Å². The number of hydrogen-bond donors (Lipinski definition) is 0. The first-order valence-electron chi connectivity index (χ1n) is 11.3. The number of morpholine rings is 1. The molecule has 0 N–H and O–H groups in total. The number of anilines is 1. The Morgan fingerprint density at radius 3 is 2.45 bits per heavy atom. The van der Waals surface area contributed by atoms with Crippen LogP contribution in [0, 0.1) is 0 Å². The van der Waals surface area contributed by atoms with Gasteiger partial charge in [0.05, 0.1) is 30.8 Å². The molecule has 2 aliphatic heterocycles. The van der Waals surface area contributed by atoms with Crippen molar-refractivity contribution in [1.82, 2.24) is 9.21 Å². The van der Waals surface area contributed by atoms with E-state index in [1.807, 2.05) is 18.2 Å². The van der Waals surface area contributed by atoms with Gasteiger partial charge >= 0.3 is 0 Å². The summed E-state index contributed by atoms with van der Waals surface area (Å²) in [7, 11) is -0.520. The summed E-state index contributed by atoms with van der Waals surface area (Å²) in [6, 6.07) is 12.6. The van der Waals surface area contributed by atoms with E-state index in [2.05, 4.69) is 11.0 Å². The van der Waals surface area contributed by atoms with Gasteiger partial charge in [-0.15, -0.1) is 0 Å². The second-order valence-electron chi connectivity index (χ2n) is 8.36. The predicted molar refractivity (Wildman–Crippen MR) is 126 cm³/mol. The molecule has 0 unspecified atom stereocenters. The van der Waals surface area contributed by atoms with Gasteiger partial charge in [0, 0.05) is 45.5 Å². The molecule has 2 aliphatic rings. The first kappa shape index (κ1) is 23.5. The maximum absolute atomic E-state index is 13.4. The Balaban J connectivity index is 1.59. The van der Waals surface area contributed by atoms with Crippen LogP contribution in [0.2, 0.25) is 0 Å². The van der Waals surface area contributed by atoms with Gasteiger partial charge in [-0.2, -0.15) is 4.31 Å². The Morgan fingerprint density at radius 1 is 1.06 bits per heavy atom. The Hall–Kier alpha value is -2.62. The highest BCUT2D eigenvalue weighted by Gasteiger charge is 2.29. The highest BCUT2D eigenvalue weighted by atomic mass is 32.2. The maximum atomic E-state index is 13.4. The van der Waals surface area contributed by atoms with Crippen molar-refractivity contribution in [2.45, 2.75) is 24.3 Å². The summed E-state index contributed by atoms with van der Waals surface area (Å²) in [5, 5.41) is 0. The highest BCUT2D eigenvalue weighted by Crippen LogP contribution is 2.29. The fraction of sp³-hybridized carbons (Fsp3) is 0.458. The normalized spacial score (nSPS) is 17.2. The molecule has 0 radical (unpaired) electrons. The Labute approximate surface area is 195 Å². The van der Waals surface area contributed by atoms with Crippen LogP contribution in [0.5, 0.6) is 5.75 Å². The molecule has 0 atom stereocenters. The molecule has 4 rings (SSSR count). The van der Waals surface area contributed by atoms with Gasteiger partial charge in [-0.3, -0.25) is 4.79 Å². The lowest BCUT2D eigenvalue weighted by molar-refractivity contribution is 0.0730. The number of carbonyl (C=O) groups excluding carboxylic acids is 1. The lowest BCUT2D eigenvalue weighted by atomic mass is 10.1. The van der Waals surface area contributed by atoms with Crippen LogP contribution in [0.1, 0.15) is 28.8 Å². The molecule has 2 aromatic carbocycles. The van der Waals surface area contributed by atoms with Gasteiger partial charge in [-0.25, -0.2) is 8.42 Å². The van der Waals surface area contributed by atoms with Crippen LogP contribution in [0.4, 0.5) is 5.69 Å². The van der Waals surface area contributed by atoms with Gasteiger partial charge in [0.1, 0.15) is 5.75 Å². The predicted octanol–water partition coefficient (Wildman–Crippen LogP) is 2.59. The molecule has 2 aromatic rings. The van der Waals surface area contributed by atoms with Crippen molar-refractivity contribution in [3.05, 3.63) is 53.6 Å². The van der Waals surface area contributed by atoms with E-state index in [9.17, 15) is 13.2 Å². The fourth-order valence-electron chi connectivity index (χ4n) is 4.39. The van der Waals surface area contributed by atoms with Crippen LogP contribution in [0.15, 0.2) is 47.4 Å². The van der Waals surface area contributed by atoms with E-state index in [0.29, 0.717) is 38.6 Å². The molecule has 1 amide bonds. The number of nitrogens with zero attached hydrogens (tertiary/aromatic N) is 3. The van der Waals surface area contributed by atoms with Crippen LogP contribution >= 0.6 is 0 Å². The minimum atomic E-state index is -3.73. The third-order valence-electron chi connectivity index (χ3n) is 6.20. The van der Waals surface area contributed by atoms with E-state index in [-0.39, 0.29) is 16.4 Å². The Morgan fingerprint density at radius 2 is 1.76 bits per heavy atom. The van der Waals surface area contributed by atoms with Crippen molar-refractivity contribution in [1.29, 1.82) is 0 Å². The number of hydrogen-bond acceptors (Lipinski definition) is 6. The molecule has 0 aromatic heterocycles. The molecule has 2 saturated heterocycles. The van der Waals surface area contributed by atoms with Crippen LogP contribution < -0.4 is 9.64 Å². The molecule has 8 nitrogen and oxygen atoms in total. The second-order valence-corrected chi connectivity index (χ2v) is 10.3. The summed E-state index contributed by atoms with van der Waals surface area (Å²) in [5.41, 5.74) is 2.43. The molecule has 2 heterocycles. The largest absolute Gasteiger partial charge is 0.496 e. The van der Waals surface area contributed by atoms with Crippen molar-refractivity contribution in [3.63, 3.8) is 0 Å². The van der Waals surface area contributed by atoms with Crippen molar-refractivity contribution >= 4 is 21.6 Å². The number of carbonyl (C=O) groups is 1. The third kappa shape index (κ3) is 5.00. The monoisotopic (exact) mass is 473 g/mol. The summed E-state index contributed by atoms with van der Waals surface area (Å²) in [5.74, 6) is 0.0581. The standard InChI is InChI=1S/C24H31N3O5S/c1-25(18-19-7-3-4-8-22(19)26-11-5-6-12-26)24(28)21-17-20(9-10-23(21)31-2)33(29,30)27-13-15-32-16-14-27/h3-4,7-10,17H,5-6,11-16,18H2,1-2H3. The molecule has 33 heavy (non-hydrogen) atoms. The van der Waals surface area contributed by atoms with E-state index in [4.69, 9.17) is 9.47 Å². The summed E-state index contributed by atoms with van der Waals surface area (Å²) in [4.78, 5) is 17.5. The van der Waals surface area contributed by atoms with Gasteiger partial charge in [-0.05, 0) is 42.7 Å². The van der Waals surface area contributed by atoms with E-state index in [1.54, 1.807) is 18.0 Å². The minimum Gasteiger partial charge on any atom is -0.496 e. The number of sulfonamides is 1. The summed E-state index contributed by atoms with van der Waals surface area (Å²) in [6.07, 6.45) is 2.34. The zero-order valence-electron chi connectivity index (χ0n) is 19.2. The van der Waals surface area contributed by atoms with E-state index in [1.165, 1.54) is 36.4 Å². The molecule has 9 heteroatoms. The van der Waals surface area contributed by atoms with Crippen LogP contribution in [0.3, 0.4) is 0 Å². The number of methoxy groups -OCH3 is 1. The molecule has 0 saturated carbocycles. The molecule has 0 spiro atoms. The number of rotatable bonds is 7. The van der Waals surface area contributed by atoms with E-state index in [0.717, 1.165) is 24.3 Å². The maximum Gasteiger partial charge on any atom is 0.257 e. The van der Waals surface area contributed by atoms with E-state index >= 15 is 0 Å². The Bertz CT molecular complexity index is 1090. The Kier molecular flexibility index (Phi) is 7.21. The topological polar surface area (TPSA) is 79.4 Å². The molecule has 2 fully saturated rings. The molecular weight excluding hydrogens is 442 g/mol. The lowest BCUT2D eigenvalue weighted by Gasteiger charge is -2.27. The zero-order chi connectivity index (χ0) is 23.4. The van der Waals surface area contributed by atoms with Crippen LogP contribution in [-0.4, -0.2) is 77.1 Å².